The molecule has 2 aromatic heterocycles. The zero-order valence-electron chi connectivity index (χ0n) is 13.7. The van der Waals surface area contributed by atoms with E-state index < -0.39 is 5.97 Å². The van der Waals surface area contributed by atoms with Crippen molar-refractivity contribution >= 4 is 28.6 Å². The number of nitrogens with zero attached hydrogens (tertiary/aromatic N) is 2. The molecule has 0 saturated heterocycles. The van der Waals surface area contributed by atoms with Gasteiger partial charge >= 0.3 is 5.97 Å². The minimum atomic E-state index is -1.00. The van der Waals surface area contributed by atoms with E-state index >= 15 is 0 Å². The van der Waals surface area contributed by atoms with Gasteiger partial charge in [0.05, 0.1) is 17.2 Å². The van der Waals surface area contributed by atoms with Crippen LogP contribution >= 0.6 is 0 Å². The number of nitrogens with one attached hydrogen (secondary N) is 1. The van der Waals surface area contributed by atoms with E-state index in [-0.39, 0.29) is 5.56 Å². The van der Waals surface area contributed by atoms with Crippen LogP contribution in [0.4, 0.5) is 0 Å². The molecule has 0 atom stereocenters. The van der Waals surface area contributed by atoms with Gasteiger partial charge in [-0.05, 0) is 36.6 Å². The third kappa shape index (κ3) is 2.84. The molecule has 0 radical (unpaired) electrons. The lowest BCUT2D eigenvalue weighted by Gasteiger charge is -2.21. The van der Waals surface area contributed by atoms with Crippen LogP contribution in [0.3, 0.4) is 0 Å². The number of carbonyl (C=O) groups is 1. The van der Waals surface area contributed by atoms with Crippen LogP contribution in [0.5, 0.6) is 0 Å². The van der Waals surface area contributed by atoms with Crippen LogP contribution in [0, 0.1) is 0 Å². The first-order valence-corrected chi connectivity index (χ1v) is 8.58. The number of carboxylic acids is 1. The predicted molar refractivity (Wildman–Crippen MR) is 95.8 cm³/mol. The van der Waals surface area contributed by atoms with Gasteiger partial charge in [0.2, 0.25) is 0 Å². The summed E-state index contributed by atoms with van der Waals surface area (Å²) < 4.78 is 1.97. The van der Waals surface area contributed by atoms with Crippen molar-refractivity contribution in [1.29, 1.82) is 0 Å². The second kappa shape index (κ2) is 6.20. The highest BCUT2D eigenvalue weighted by Gasteiger charge is 2.21. The number of rotatable bonds is 3. The summed E-state index contributed by atoms with van der Waals surface area (Å²) in [6, 6.07) is 5.55. The number of aliphatic carboxylic acids is 1. The number of H-pyrrole nitrogens is 1. The van der Waals surface area contributed by atoms with E-state index in [1.165, 1.54) is 25.3 Å². The zero-order valence-corrected chi connectivity index (χ0v) is 13.7. The summed E-state index contributed by atoms with van der Waals surface area (Å²) in [5, 5.41) is 8.77. The maximum atomic E-state index is 12.4. The average molecular weight is 337 g/mol. The molecule has 2 heterocycles. The van der Waals surface area contributed by atoms with E-state index in [9.17, 15) is 9.59 Å². The van der Waals surface area contributed by atoms with E-state index in [0.717, 1.165) is 35.8 Å². The van der Waals surface area contributed by atoms with Gasteiger partial charge in [0.25, 0.3) is 5.56 Å². The molecule has 1 aliphatic rings. The Morgan fingerprint density at radius 1 is 1.24 bits per heavy atom. The number of aromatic amines is 1. The Balaban J connectivity index is 1.90. The smallest absolute Gasteiger partial charge is 0.328 e. The van der Waals surface area contributed by atoms with Crippen LogP contribution in [0.25, 0.3) is 22.6 Å². The molecule has 1 saturated carbocycles. The second-order valence-corrected chi connectivity index (χ2v) is 6.57. The fourth-order valence-electron chi connectivity index (χ4n) is 3.73. The van der Waals surface area contributed by atoms with Gasteiger partial charge in [0.15, 0.2) is 0 Å². The maximum Gasteiger partial charge on any atom is 0.328 e. The molecule has 128 valence electrons. The SMILES string of the molecule is O=C(O)C=Cc1ccc2c(c1)[nH]c(=O)c1cnc(C3CCCCC3)n12. The monoisotopic (exact) mass is 337 g/mol. The maximum absolute atomic E-state index is 12.4. The molecule has 0 amide bonds. The summed E-state index contributed by atoms with van der Waals surface area (Å²) in [4.78, 5) is 30.6. The van der Waals surface area contributed by atoms with Crippen LogP contribution < -0.4 is 5.56 Å². The molecule has 6 heteroatoms. The van der Waals surface area contributed by atoms with Gasteiger partial charge in [-0.25, -0.2) is 9.78 Å². The lowest BCUT2D eigenvalue weighted by molar-refractivity contribution is -0.131. The molecule has 0 spiro atoms. The molecule has 4 rings (SSSR count). The number of aromatic nitrogens is 3. The van der Waals surface area contributed by atoms with Gasteiger partial charge in [-0.2, -0.15) is 0 Å². The first-order valence-electron chi connectivity index (χ1n) is 8.58. The van der Waals surface area contributed by atoms with E-state index in [4.69, 9.17) is 5.11 Å². The summed E-state index contributed by atoms with van der Waals surface area (Å²) in [5.41, 5.74) is 2.67. The zero-order chi connectivity index (χ0) is 17.4. The van der Waals surface area contributed by atoms with E-state index in [1.54, 1.807) is 12.3 Å². The quantitative estimate of drug-likeness (QED) is 0.718. The molecular weight excluding hydrogens is 318 g/mol. The largest absolute Gasteiger partial charge is 0.478 e. The fourth-order valence-corrected chi connectivity index (χ4v) is 3.73. The number of hydrogen-bond acceptors (Lipinski definition) is 3. The van der Waals surface area contributed by atoms with Crippen molar-refractivity contribution in [2.75, 3.05) is 0 Å². The molecule has 0 unspecified atom stereocenters. The van der Waals surface area contributed by atoms with E-state index in [1.807, 2.05) is 16.5 Å². The number of fused-ring (bicyclic) bond motifs is 3. The standard InChI is InChI=1S/C19H19N3O3/c23-17(24)9-7-12-6-8-15-14(10-12)21-19(25)16-11-20-18(22(15)16)13-4-2-1-3-5-13/h6-11,13H,1-5H2,(H,21,25)(H,23,24). The van der Waals surface area contributed by atoms with Crippen LogP contribution in [-0.4, -0.2) is 25.4 Å². The molecule has 2 N–H and O–H groups in total. The molecule has 1 fully saturated rings. The molecule has 6 nitrogen and oxygen atoms in total. The van der Waals surface area contributed by atoms with Gasteiger partial charge in [-0.15, -0.1) is 0 Å². The van der Waals surface area contributed by atoms with Gasteiger partial charge in [-0.3, -0.25) is 9.20 Å². The Hall–Kier alpha value is -2.89. The average Bonchev–Trinajstić information content (AvgIpc) is 3.06. The summed E-state index contributed by atoms with van der Waals surface area (Å²) in [5.74, 6) is 0.339. The van der Waals surface area contributed by atoms with Crippen molar-refractivity contribution in [2.24, 2.45) is 0 Å². The van der Waals surface area contributed by atoms with Crippen molar-refractivity contribution < 1.29 is 9.90 Å². The van der Waals surface area contributed by atoms with E-state index in [2.05, 4.69) is 9.97 Å². The Bertz CT molecular complexity index is 1040. The lowest BCUT2D eigenvalue weighted by atomic mass is 9.89. The van der Waals surface area contributed by atoms with Gasteiger partial charge < -0.3 is 10.1 Å². The van der Waals surface area contributed by atoms with Crippen LogP contribution in [0.1, 0.15) is 49.4 Å². The second-order valence-electron chi connectivity index (χ2n) is 6.57. The highest BCUT2D eigenvalue weighted by atomic mass is 16.4. The van der Waals surface area contributed by atoms with Crippen molar-refractivity contribution in [3.05, 3.63) is 52.2 Å². The summed E-state index contributed by atoms with van der Waals surface area (Å²) >= 11 is 0. The molecule has 1 aliphatic carbocycles. The van der Waals surface area contributed by atoms with Crippen LogP contribution in [0.2, 0.25) is 0 Å². The first-order chi connectivity index (χ1) is 12.1. The minimum Gasteiger partial charge on any atom is -0.478 e. The molecular formula is C19H19N3O3. The normalized spacial score (nSPS) is 16.2. The van der Waals surface area contributed by atoms with E-state index in [0.29, 0.717) is 17.0 Å². The Labute approximate surface area is 143 Å². The summed E-state index contributed by atoms with van der Waals surface area (Å²) in [7, 11) is 0. The predicted octanol–water partition coefficient (Wildman–Crippen LogP) is 3.32. The number of benzene rings is 1. The molecule has 3 aromatic rings. The van der Waals surface area contributed by atoms with Crippen molar-refractivity contribution in [3.63, 3.8) is 0 Å². The highest BCUT2D eigenvalue weighted by Crippen LogP contribution is 2.32. The third-order valence-electron chi connectivity index (χ3n) is 4.92. The summed E-state index contributed by atoms with van der Waals surface area (Å²) in [6.45, 7) is 0. The molecule has 25 heavy (non-hydrogen) atoms. The Morgan fingerprint density at radius 2 is 2.04 bits per heavy atom. The Kier molecular flexibility index (Phi) is 3.87. The fraction of sp³-hybridized carbons (Fsp3) is 0.316. The third-order valence-corrected chi connectivity index (χ3v) is 4.92. The number of carboxylic acid groups (broad SMARTS) is 1. The van der Waals surface area contributed by atoms with Crippen molar-refractivity contribution in [3.8, 4) is 0 Å². The van der Waals surface area contributed by atoms with Crippen molar-refractivity contribution in [1.82, 2.24) is 14.4 Å². The lowest BCUT2D eigenvalue weighted by Crippen LogP contribution is -2.14. The van der Waals surface area contributed by atoms with Gasteiger partial charge in [0, 0.05) is 12.0 Å². The Morgan fingerprint density at radius 3 is 2.80 bits per heavy atom. The van der Waals surface area contributed by atoms with Crippen LogP contribution in [-0.2, 0) is 4.79 Å². The van der Waals surface area contributed by atoms with Gasteiger partial charge in [-0.1, -0.05) is 25.3 Å². The van der Waals surface area contributed by atoms with Crippen molar-refractivity contribution in [2.45, 2.75) is 38.0 Å². The number of hydrogen-bond donors (Lipinski definition) is 2. The molecule has 0 bridgehead atoms. The highest BCUT2D eigenvalue weighted by molar-refractivity contribution is 5.87. The minimum absolute atomic E-state index is 0.179. The number of imidazole rings is 1. The topological polar surface area (TPSA) is 87.5 Å². The molecule has 1 aromatic carbocycles. The van der Waals surface area contributed by atoms with Gasteiger partial charge in [0.1, 0.15) is 11.3 Å². The first kappa shape index (κ1) is 15.6. The molecule has 0 aliphatic heterocycles. The van der Waals surface area contributed by atoms with Crippen LogP contribution in [0.15, 0.2) is 35.3 Å². The summed E-state index contributed by atoms with van der Waals surface area (Å²) in [6.07, 6.45) is 10.1.